The topological polar surface area (TPSA) is 41.1 Å². The fraction of sp³-hybridized carbons (Fsp3) is 0.462. The average molecular weight is 218 g/mol. The maximum Gasteiger partial charge on any atom is 0.251 e. The molecule has 86 valence electrons. The Bertz CT molecular complexity index is 399. The van der Waals surface area contributed by atoms with Crippen molar-refractivity contribution in [2.45, 2.75) is 26.9 Å². The summed E-state index contributed by atoms with van der Waals surface area (Å²) in [4.78, 5) is 11.8. The molecule has 0 unspecified atom stereocenters. The Morgan fingerprint density at radius 1 is 1.38 bits per heavy atom. The van der Waals surface area contributed by atoms with E-state index in [1.54, 1.807) is 0 Å². The fourth-order valence-corrected chi connectivity index (χ4v) is 1.83. The molecule has 16 heavy (non-hydrogen) atoms. The molecule has 0 saturated heterocycles. The molecule has 0 radical (unpaired) electrons. The van der Waals surface area contributed by atoms with E-state index in [-0.39, 0.29) is 5.91 Å². The second kappa shape index (κ2) is 4.66. The molecule has 2 rings (SSSR count). The molecule has 0 fully saturated rings. The number of hydrogen-bond acceptors (Lipinski definition) is 2. The molecule has 0 atom stereocenters. The molecule has 1 aromatic rings. The Labute approximate surface area is 96.2 Å². The lowest BCUT2D eigenvalue weighted by atomic mass is 10.1. The summed E-state index contributed by atoms with van der Waals surface area (Å²) in [5.41, 5.74) is 3.32. The molecule has 0 saturated carbocycles. The third-order valence-electron chi connectivity index (χ3n) is 2.77. The Balaban J connectivity index is 2.06. The molecular formula is C13H18N2O. The summed E-state index contributed by atoms with van der Waals surface area (Å²) in [6.07, 6.45) is 0. The number of rotatable bonds is 3. The van der Waals surface area contributed by atoms with Crippen LogP contribution in [0.5, 0.6) is 0 Å². The number of benzene rings is 1. The molecule has 2 N–H and O–H groups in total. The van der Waals surface area contributed by atoms with Gasteiger partial charge in [0.1, 0.15) is 0 Å². The second-order valence-corrected chi connectivity index (χ2v) is 4.69. The number of amides is 1. The van der Waals surface area contributed by atoms with Crippen molar-refractivity contribution in [1.29, 1.82) is 0 Å². The third-order valence-corrected chi connectivity index (χ3v) is 2.77. The van der Waals surface area contributed by atoms with Crippen LogP contribution in [-0.2, 0) is 13.1 Å². The summed E-state index contributed by atoms with van der Waals surface area (Å²) >= 11 is 0. The van der Waals surface area contributed by atoms with Gasteiger partial charge in [0.2, 0.25) is 0 Å². The minimum atomic E-state index is 0.0309. The van der Waals surface area contributed by atoms with Crippen molar-refractivity contribution in [3.63, 3.8) is 0 Å². The van der Waals surface area contributed by atoms with Gasteiger partial charge in [0.15, 0.2) is 0 Å². The van der Waals surface area contributed by atoms with E-state index in [0.717, 1.165) is 25.2 Å². The van der Waals surface area contributed by atoms with Crippen molar-refractivity contribution in [1.82, 2.24) is 10.6 Å². The van der Waals surface area contributed by atoms with Crippen LogP contribution in [0.4, 0.5) is 0 Å². The molecule has 0 spiro atoms. The predicted molar refractivity (Wildman–Crippen MR) is 64.2 cm³/mol. The first-order valence-corrected chi connectivity index (χ1v) is 5.77. The molecule has 0 aromatic heterocycles. The first kappa shape index (κ1) is 11.1. The predicted octanol–water partition coefficient (Wildman–Crippen LogP) is 1.68. The Kier molecular flexibility index (Phi) is 3.25. The maximum atomic E-state index is 11.8. The highest BCUT2D eigenvalue weighted by Crippen LogP contribution is 2.16. The summed E-state index contributed by atoms with van der Waals surface area (Å²) in [5, 5.41) is 6.20. The quantitative estimate of drug-likeness (QED) is 0.810. The molecule has 1 heterocycles. The molecule has 0 aliphatic carbocycles. The van der Waals surface area contributed by atoms with Crippen molar-refractivity contribution < 1.29 is 4.79 Å². The van der Waals surface area contributed by atoms with Crippen molar-refractivity contribution in [3.05, 3.63) is 34.9 Å². The molecular weight excluding hydrogens is 200 g/mol. The van der Waals surface area contributed by atoms with E-state index in [0.29, 0.717) is 5.92 Å². The van der Waals surface area contributed by atoms with Crippen molar-refractivity contribution in [2.24, 2.45) is 5.92 Å². The molecule has 1 aliphatic heterocycles. The minimum Gasteiger partial charge on any atom is -0.352 e. The molecule has 3 nitrogen and oxygen atoms in total. The highest BCUT2D eigenvalue weighted by molar-refractivity contribution is 5.94. The van der Waals surface area contributed by atoms with Gasteiger partial charge in [-0.2, -0.15) is 0 Å². The zero-order valence-corrected chi connectivity index (χ0v) is 9.84. The Morgan fingerprint density at radius 3 is 2.88 bits per heavy atom. The lowest BCUT2D eigenvalue weighted by molar-refractivity contribution is 0.0949. The lowest BCUT2D eigenvalue weighted by Gasteiger charge is -2.08. The Morgan fingerprint density at radius 2 is 2.12 bits per heavy atom. The minimum absolute atomic E-state index is 0.0309. The summed E-state index contributed by atoms with van der Waals surface area (Å²) in [7, 11) is 0. The van der Waals surface area contributed by atoms with E-state index in [4.69, 9.17) is 0 Å². The van der Waals surface area contributed by atoms with E-state index >= 15 is 0 Å². The summed E-state index contributed by atoms with van der Waals surface area (Å²) < 4.78 is 0. The van der Waals surface area contributed by atoms with Crippen molar-refractivity contribution >= 4 is 5.91 Å². The highest BCUT2D eigenvalue weighted by Gasteiger charge is 2.13. The lowest BCUT2D eigenvalue weighted by Crippen LogP contribution is -2.27. The number of carbonyl (C=O) groups is 1. The number of hydrogen-bond donors (Lipinski definition) is 2. The molecule has 1 aromatic carbocycles. The average Bonchev–Trinajstić information content (AvgIpc) is 2.72. The first-order valence-electron chi connectivity index (χ1n) is 5.77. The van der Waals surface area contributed by atoms with Crippen LogP contribution in [0.15, 0.2) is 18.2 Å². The second-order valence-electron chi connectivity index (χ2n) is 4.69. The van der Waals surface area contributed by atoms with Crippen molar-refractivity contribution in [2.75, 3.05) is 6.54 Å². The van der Waals surface area contributed by atoms with Crippen LogP contribution in [0.1, 0.15) is 35.3 Å². The van der Waals surface area contributed by atoms with Gasteiger partial charge in [-0.25, -0.2) is 0 Å². The van der Waals surface area contributed by atoms with Gasteiger partial charge < -0.3 is 10.6 Å². The van der Waals surface area contributed by atoms with E-state index in [2.05, 4.69) is 24.5 Å². The van der Waals surface area contributed by atoms with Crippen LogP contribution >= 0.6 is 0 Å². The zero-order valence-electron chi connectivity index (χ0n) is 9.84. The summed E-state index contributed by atoms with van der Waals surface area (Å²) in [6, 6.07) is 5.94. The van der Waals surface area contributed by atoms with E-state index in [1.807, 2.05) is 18.2 Å². The number of nitrogens with one attached hydrogen (secondary N) is 2. The van der Waals surface area contributed by atoms with Gasteiger partial charge in [0.05, 0.1) is 0 Å². The van der Waals surface area contributed by atoms with E-state index in [1.165, 1.54) is 11.1 Å². The van der Waals surface area contributed by atoms with Gasteiger partial charge in [-0.05, 0) is 29.2 Å². The van der Waals surface area contributed by atoms with Crippen molar-refractivity contribution in [3.8, 4) is 0 Å². The smallest absolute Gasteiger partial charge is 0.251 e. The van der Waals surface area contributed by atoms with Gasteiger partial charge in [-0.15, -0.1) is 0 Å². The number of fused-ring (bicyclic) bond motifs is 1. The van der Waals surface area contributed by atoms with Gasteiger partial charge in [0, 0.05) is 25.2 Å². The van der Waals surface area contributed by atoms with E-state index < -0.39 is 0 Å². The summed E-state index contributed by atoms with van der Waals surface area (Å²) in [5.74, 6) is 0.517. The van der Waals surface area contributed by atoms with Gasteiger partial charge in [-0.3, -0.25) is 4.79 Å². The molecule has 0 bridgehead atoms. The van der Waals surface area contributed by atoms with E-state index in [9.17, 15) is 4.79 Å². The maximum absolute atomic E-state index is 11.8. The van der Waals surface area contributed by atoms with Crippen LogP contribution in [0.3, 0.4) is 0 Å². The molecule has 1 amide bonds. The third kappa shape index (κ3) is 2.42. The number of carbonyl (C=O) groups excluding carboxylic acids is 1. The van der Waals surface area contributed by atoms with Crippen LogP contribution in [0, 0.1) is 5.92 Å². The molecule has 1 aliphatic rings. The van der Waals surface area contributed by atoms with Crippen LogP contribution < -0.4 is 10.6 Å². The van der Waals surface area contributed by atoms with Gasteiger partial charge >= 0.3 is 0 Å². The zero-order chi connectivity index (χ0) is 11.5. The first-order chi connectivity index (χ1) is 7.66. The highest BCUT2D eigenvalue weighted by atomic mass is 16.1. The normalized spacial score (nSPS) is 13.9. The monoisotopic (exact) mass is 218 g/mol. The van der Waals surface area contributed by atoms with Crippen LogP contribution in [-0.4, -0.2) is 12.5 Å². The molecule has 3 heteroatoms. The largest absolute Gasteiger partial charge is 0.352 e. The summed E-state index contributed by atoms with van der Waals surface area (Å²) in [6.45, 7) is 6.71. The van der Waals surface area contributed by atoms with Gasteiger partial charge in [-0.1, -0.05) is 19.9 Å². The Hall–Kier alpha value is -1.35. The van der Waals surface area contributed by atoms with Crippen LogP contribution in [0.2, 0.25) is 0 Å². The standard InChI is InChI=1S/C13H18N2O/c1-9(2)6-15-13(16)10-3-4-11-7-14-8-12(11)5-10/h3-5,9,14H,6-8H2,1-2H3,(H,15,16). The van der Waals surface area contributed by atoms with Crippen LogP contribution in [0.25, 0.3) is 0 Å². The fourth-order valence-electron chi connectivity index (χ4n) is 1.83. The SMILES string of the molecule is CC(C)CNC(=O)c1ccc2c(c1)CNC2. The van der Waals surface area contributed by atoms with Gasteiger partial charge in [0.25, 0.3) is 5.91 Å².